The Kier molecular flexibility index (Phi) is 5.59. The maximum atomic E-state index is 12.3. The van der Waals surface area contributed by atoms with E-state index in [4.69, 9.17) is 0 Å². The van der Waals surface area contributed by atoms with Gasteiger partial charge in [-0.1, -0.05) is 12.1 Å². The smallest absolute Gasteiger partial charge is 0.269 e. The van der Waals surface area contributed by atoms with Gasteiger partial charge < -0.3 is 5.32 Å². The predicted molar refractivity (Wildman–Crippen MR) is 118 cm³/mol. The molecule has 1 N–H and O–H groups in total. The molecule has 2 heterocycles. The van der Waals surface area contributed by atoms with Gasteiger partial charge in [-0.05, 0) is 37.1 Å². The van der Waals surface area contributed by atoms with E-state index in [1.54, 1.807) is 35.2 Å². The minimum atomic E-state index is -0.434. The molecule has 1 aromatic heterocycles. The number of benzene rings is 2. The van der Waals surface area contributed by atoms with E-state index in [0.29, 0.717) is 18.9 Å². The number of nitrogens with zero attached hydrogens (tertiary/aromatic N) is 3. The van der Waals surface area contributed by atoms with Gasteiger partial charge in [-0.3, -0.25) is 19.9 Å². The van der Waals surface area contributed by atoms with Crippen LogP contribution in [0.25, 0.3) is 10.2 Å². The fraction of sp³-hybridized carbons (Fsp3) is 0.250. The quantitative estimate of drug-likeness (QED) is 0.457. The molecule has 0 saturated heterocycles. The van der Waals surface area contributed by atoms with E-state index in [9.17, 15) is 14.9 Å². The molecule has 29 heavy (non-hydrogen) atoms. The highest BCUT2D eigenvalue weighted by Gasteiger charge is 2.19. The van der Waals surface area contributed by atoms with Crippen LogP contribution >= 0.6 is 23.1 Å². The minimum Gasteiger partial charge on any atom is -0.326 e. The maximum absolute atomic E-state index is 12.3. The molecule has 4 rings (SSSR count). The van der Waals surface area contributed by atoms with Crippen molar-refractivity contribution in [3.63, 3.8) is 0 Å². The zero-order valence-electron chi connectivity index (χ0n) is 15.6. The molecule has 0 radical (unpaired) electrons. The summed E-state index contributed by atoms with van der Waals surface area (Å²) in [4.78, 5) is 31.8. The average Bonchev–Trinajstić information content (AvgIpc) is 3.32. The molecule has 1 atom stereocenters. The first kappa shape index (κ1) is 19.5. The minimum absolute atomic E-state index is 0.0480. The van der Waals surface area contributed by atoms with Crippen molar-refractivity contribution in [1.29, 1.82) is 0 Å². The molecule has 1 aliphatic heterocycles. The summed E-state index contributed by atoms with van der Waals surface area (Å²) in [6.07, 6.45) is 0.821. The van der Waals surface area contributed by atoms with Crippen molar-refractivity contribution in [3.8, 4) is 0 Å². The lowest BCUT2D eigenvalue weighted by atomic mass is 10.1. The van der Waals surface area contributed by atoms with Crippen LogP contribution in [0.1, 0.15) is 23.9 Å². The number of rotatable bonds is 6. The van der Waals surface area contributed by atoms with Gasteiger partial charge in [-0.15, -0.1) is 23.1 Å². The molecular formula is C20H18N4O3S2. The molecule has 0 aliphatic carbocycles. The van der Waals surface area contributed by atoms with E-state index in [2.05, 4.69) is 22.2 Å². The van der Waals surface area contributed by atoms with Crippen molar-refractivity contribution >= 4 is 55.6 Å². The highest BCUT2D eigenvalue weighted by Crippen LogP contribution is 2.31. The monoisotopic (exact) mass is 426 g/mol. The first-order valence-corrected chi connectivity index (χ1v) is 10.9. The van der Waals surface area contributed by atoms with Gasteiger partial charge in [0.05, 0.1) is 21.2 Å². The molecule has 148 valence electrons. The van der Waals surface area contributed by atoms with Crippen molar-refractivity contribution in [2.45, 2.75) is 25.8 Å². The van der Waals surface area contributed by atoms with Crippen LogP contribution < -0.4 is 5.32 Å². The first-order chi connectivity index (χ1) is 14.0. The highest BCUT2D eigenvalue weighted by atomic mass is 32.2. The van der Waals surface area contributed by atoms with E-state index in [-0.39, 0.29) is 11.6 Å². The number of aryl methyl sites for hydroxylation is 1. The van der Waals surface area contributed by atoms with E-state index in [1.807, 2.05) is 18.2 Å². The van der Waals surface area contributed by atoms with Crippen LogP contribution in [0.5, 0.6) is 0 Å². The summed E-state index contributed by atoms with van der Waals surface area (Å²) in [7, 11) is 0. The van der Waals surface area contributed by atoms with Crippen LogP contribution in [-0.2, 0) is 11.2 Å². The SMILES string of the molecule is CC1CSC(c2nc3ccc(NC(=O)CCc4ccc([N+](=O)[O-])cc4)cc3s2)=N1. The Labute approximate surface area is 175 Å². The number of non-ortho nitro benzene ring substituents is 1. The van der Waals surface area contributed by atoms with E-state index in [1.165, 1.54) is 12.1 Å². The number of thiazole rings is 1. The molecule has 9 heteroatoms. The zero-order chi connectivity index (χ0) is 20.4. The summed E-state index contributed by atoms with van der Waals surface area (Å²) in [5.74, 6) is 0.887. The normalized spacial score (nSPS) is 16.0. The molecule has 3 aromatic rings. The lowest BCUT2D eigenvalue weighted by molar-refractivity contribution is -0.384. The second kappa shape index (κ2) is 8.30. The number of aromatic nitrogens is 1. The van der Waals surface area contributed by atoms with Crippen LogP contribution in [0.15, 0.2) is 47.5 Å². The van der Waals surface area contributed by atoms with Crippen molar-refractivity contribution in [3.05, 3.63) is 63.1 Å². The Morgan fingerprint density at radius 3 is 2.76 bits per heavy atom. The standard InChI is InChI=1S/C20H18N4O3S2/c1-12-11-28-19(21-12)20-23-16-8-5-14(10-17(16)29-20)22-18(25)9-4-13-2-6-15(7-3-13)24(26)27/h2-3,5-8,10,12H,4,9,11H2,1H3,(H,22,25). The Balaban J connectivity index is 1.38. The number of anilines is 1. The number of hydrogen-bond donors (Lipinski definition) is 1. The highest BCUT2D eigenvalue weighted by molar-refractivity contribution is 8.15. The number of amides is 1. The molecule has 0 saturated carbocycles. The fourth-order valence-electron chi connectivity index (χ4n) is 2.95. The predicted octanol–water partition coefficient (Wildman–Crippen LogP) is 4.66. The van der Waals surface area contributed by atoms with Crippen LogP contribution in [0.3, 0.4) is 0 Å². The second-order valence-corrected chi connectivity index (χ2v) is 8.81. The van der Waals surface area contributed by atoms with Crippen LogP contribution in [0.2, 0.25) is 0 Å². The van der Waals surface area contributed by atoms with Crippen molar-refractivity contribution in [2.75, 3.05) is 11.1 Å². The van der Waals surface area contributed by atoms with E-state index >= 15 is 0 Å². The molecule has 0 fully saturated rings. The van der Waals surface area contributed by atoms with Gasteiger partial charge in [0.1, 0.15) is 10.1 Å². The molecule has 1 unspecified atom stereocenters. The summed E-state index contributed by atoms with van der Waals surface area (Å²) in [6.45, 7) is 2.09. The summed E-state index contributed by atoms with van der Waals surface area (Å²) in [5.41, 5.74) is 2.57. The van der Waals surface area contributed by atoms with Crippen molar-refractivity contribution in [1.82, 2.24) is 4.98 Å². The molecule has 0 spiro atoms. The van der Waals surface area contributed by atoms with Crippen LogP contribution in [0.4, 0.5) is 11.4 Å². The van der Waals surface area contributed by atoms with E-state index in [0.717, 1.165) is 37.3 Å². The first-order valence-electron chi connectivity index (χ1n) is 9.13. The molecule has 1 aliphatic rings. The number of nitro groups is 1. The van der Waals surface area contributed by atoms with Crippen LogP contribution in [0, 0.1) is 10.1 Å². The van der Waals surface area contributed by atoms with Gasteiger partial charge in [0, 0.05) is 30.0 Å². The van der Waals surface area contributed by atoms with Crippen molar-refractivity contribution in [2.24, 2.45) is 4.99 Å². The largest absolute Gasteiger partial charge is 0.326 e. The third kappa shape index (κ3) is 4.63. The van der Waals surface area contributed by atoms with Gasteiger partial charge in [-0.25, -0.2) is 4.98 Å². The lowest BCUT2D eigenvalue weighted by Gasteiger charge is -2.05. The Hall–Kier alpha value is -2.78. The van der Waals surface area contributed by atoms with E-state index < -0.39 is 4.92 Å². The van der Waals surface area contributed by atoms with Gasteiger partial charge in [0.2, 0.25) is 5.91 Å². The third-order valence-electron chi connectivity index (χ3n) is 4.44. The zero-order valence-corrected chi connectivity index (χ0v) is 17.3. The van der Waals surface area contributed by atoms with Gasteiger partial charge >= 0.3 is 0 Å². The number of carbonyl (C=O) groups excluding carboxylic acids is 1. The summed E-state index contributed by atoms with van der Waals surface area (Å²) >= 11 is 3.31. The number of thioether (sulfide) groups is 1. The van der Waals surface area contributed by atoms with Gasteiger partial charge in [0.15, 0.2) is 0 Å². The summed E-state index contributed by atoms with van der Waals surface area (Å²) < 4.78 is 1.01. The Bertz CT molecular complexity index is 1110. The molecule has 0 bridgehead atoms. The topological polar surface area (TPSA) is 97.5 Å². The molecule has 7 nitrogen and oxygen atoms in total. The number of nitrogens with one attached hydrogen (secondary N) is 1. The number of carbonyl (C=O) groups is 1. The third-order valence-corrected chi connectivity index (χ3v) is 6.82. The average molecular weight is 427 g/mol. The van der Waals surface area contributed by atoms with Crippen molar-refractivity contribution < 1.29 is 9.72 Å². The molecular weight excluding hydrogens is 408 g/mol. The summed E-state index contributed by atoms with van der Waals surface area (Å²) in [5, 5.41) is 15.5. The summed E-state index contributed by atoms with van der Waals surface area (Å²) in [6, 6.07) is 12.3. The number of hydrogen-bond acceptors (Lipinski definition) is 7. The number of nitro benzene ring substituents is 1. The maximum Gasteiger partial charge on any atom is 0.269 e. The van der Waals surface area contributed by atoms with Gasteiger partial charge in [-0.2, -0.15) is 0 Å². The Morgan fingerprint density at radius 1 is 1.28 bits per heavy atom. The van der Waals surface area contributed by atoms with Crippen LogP contribution in [-0.4, -0.2) is 32.7 Å². The number of aliphatic imine (C=N–C) groups is 1. The molecule has 2 aromatic carbocycles. The second-order valence-electron chi connectivity index (χ2n) is 6.77. The lowest BCUT2D eigenvalue weighted by Crippen LogP contribution is -2.12. The number of fused-ring (bicyclic) bond motifs is 1. The van der Waals surface area contributed by atoms with Gasteiger partial charge in [0.25, 0.3) is 5.69 Å². The fourth-order valence-corrected chi connectivity index (χ4v) is 5.05. The Morgan fingerprint density at radius 2 is 2.07 bits per heavy atom. The molecule has 1 amide bonds.